The van der Waals surface area contributed by atoms with E-state index in [2.05, 4.69) is 10.6 Å². The minimum atomic E-state index is -1.56. The van der Waals surface area contributed by atoms with Crippen molar-refractivity contribution in [2.24, 2.45) is 0 Å². The molecule has 1 atom stereocenters. The van der Waals surface area contributed by atoms with Crippen LogP contribution in [0.15, 0.2) is 24.3 Å². The van der Waals surface area contributed by atoms with Gasteiger partial charge in [-0.2, -0.15) is 0 Å². The Hall–Kier alpha value is -2.90. The Morgan fingerprint density at radius 3 is 2.29 bits per heavy atom. The van der Waals surface area contributed by atoms with Gasteiger partial charge in [-0.3, -0.25) is 14.4 Å². The van der Waals surface area contributed by atoms with Crippen molar-refractivity contribution in [2.45, 2.75) is 19.4 Å². The highest BCUT2D eigenvalue weighted by Gasteiger charge is 2.24. The number of para-hydroxylation sites is 1. The monoisotopic (exact) mass is 294 g/mol. The summed E-state index contributed by atoms with van der Waals surface area (Å²) in [5, 5.41) is 22.0. The van der Waals surface area contributed by atoms with E-state index in [1.54, 1.807) is 6.07 Å². The molecule has 0 heterocycles. The normalized spacial score (nSPS) is 11.3. The number of carboxylic acids is 2. The lowest BCUT2D eigenvalue weighted by atomic mass is 10.1. The Balaban J connectivity index is 2.94. The molecule has 0 aliphatic rings. The van der Waals surface area contributed by atoms with Gasteiger partial charge in [0.15, 0.2) is 0 Å². The Bertz CT molecular complexity index is 584. The third kappa shape index (κ3) is 4.94. The van der Waals surface area contributed by atoms with Gasteiger partial charge >= 0.3 is 11.9 Å². The van der Waals surface area contributed by atoms with Gasteiger partial charge in [-0.1, -0.05) is 12.1 Å². The summed E-state index contributed by atoms with van der Waals surface area (Å²) in [5.74, 6) is -3.98. The Morgan fingerprint density at radius 2 is 1.76 bits per heavy atom. The van der Waals surface area contributed by atoms with E-state index in [-0.39, 0.29) is 11.3 Å². The summed E-state index contributed by atoms with van der Waals surface area (Å²) in [6.07, 6.45) is -0.747. The lowest BCUT2D eigenvalue weighted by Crippen LogP contribution is -2.42. The van der Waals surface area contributed by atoms with Crippen LogP contribution in [-0.4, -0.2) is 40.0 Å². The summed E-state index contributed by atoms with van der Waals surface area (Å²) in [5.41, 5.74) is 0.256. The van der Waals surface area contributed by atoms with Crippen molar-refractivity contribution in [1.82, 2.24) is 5.32 Å². The number of anilines is 1. The average Bonchev–Trinajstić information content (AvgIpc) is 2.37. The average molecular weight is 294 g/mol. The fraction of sp³-hybridized carbons (Fsp3) is 0.231. The van der Waals surface area contributed by atoms with Gasteiger partial charge in [-0.25, -0.2) is 4.79 Å². The van der Waals surface area contributed by atoms with Crippen LogP contribution in [0.5, 0.6) is 0 Å². The summed E-state index contributed by atoms with van der Waals surface area (Å²) in [6.45, 7) is 1.26. The zero-order valence-electron chi connectivity index (χ0n) is 11.1. The van der Waals surface area contributed by atoms with Crippen LogP contribution in [0.2, 0.25) is 0 Å². The Labute approximate surface area is 119 Å². The maximum absolute atomic E-state index is 12.0. The fourth-order valence-corrected chi connectivity index (χ4v) is 1.59. The van der Waals surface area contributed by atoms with Crippen molar-refractivity contribution in [3.63, 3.8) is 0 Å². The number of carbonyl (C=O) groups is 4. The highest BCUT2D eigenvalue weighted by atomic mass is 16.4. The molecule has 1 rings (SSSR count). The molecule has 0 saturated heterocycles. The molecule has 0 spiro atoms. The number of aliphatic carboxylic acids is 2. The van der Waals surface area contributed by atoms with E-state index in [9.17, 15) is 19.2 Å². The predicted molar refractivity (Wildman–Crippen MR) is 71.9 cm³/mol. The molecule has 1 aromatic rings. The second kappa shape index (κ2) is 7.04. The van der Waals surface area contributed by atoms with E-state index >= 15 is 0 Å². The lowest BCUT2D eigenvalue weighted by molar-refractivity contribution is -0.145. The molecule has 21 heavy (non-hydrogen) atoms. The summed E-state index contributed by atoms with van der Waals surface area (Å²) >= 11 is 0. The second-order valence-corrected chi connectivity index (χ2v) is 4.19. The molecule has 0 aliphatic heterocycles. The van der Waals surface area contributed by atoms with E-state index in [1.165, 1.54) is 25.1 Å². The van der Waals surface area contributed by atoms with E-state index in [1.807, 2.05) is 0 Å². The molecule has 8 heteroatoms. The van der Waals surface area contributed by atoms with Gasteiger partial charge in [0.25, 0.3) is 5.91 Å². The number of benzene rings is 1. The molecular formula is C13H14N2O6. The molecule has 112 valence electrons. The van der Waals surface area contributed by atoms with Crippen molar-refractivity contribution in [2.75, 3.05) is 5.32 Å². The quantitative estimate of drug-likeness (QED) is 0.596. The van der Waals surface area contributed by atoms with Crippen LogP contribution in [-0.2, 0) is 14.4 Å². The highest BCUT2D eigenvalue weighted by Crippen LogP contribution is 2.15. The van der Waals surface area contributed by atoms with Crippen LogP contribution < -0.4 is 10.6 Å². The van der Waals surface area contributed by atoms with E-state index in [4.69, 9.17) is 10.2 Å². The van der Waals surface area contributed by atoms with Gasteiger partial charge in [0.05, 0.1) is 17.7 Å². The third-order valence-electron chi connectivity index (χ3n) is 2.46. The Morgan fingerprint density at radius 1 is 1.14 bits per heavy atom. The summed E-state index contributed by atoms with van der Waals surface area (Å²) < 4.78 is 0. The van der Waals surface area contributed by atoms with Gasteiger partial charge in [0.1, 0.15) is 6.04 Å². The predicted octanol–water partition coefficient (Wildman–Crippen LogP) is 0.303. The number of rotatable bonds is 6. The number of carbonyl (C=O) groups excluding carboxylic acids is 2. The molecule has 0 radical (unpaired) electrons. The van der Waals surface area contributed by atoms with Crippen LogP contribution in [0, 0.1) is 0 Å². The van der Waals surface area contributed by atoms with Crippen molar-refractivity contribution in [1.29, 1.82) is 0 Å². The first kappa shape index (κ1) is 16.2. The molecule has 0 fully saturated rings. The van der Waals surface area contributed by atoms with E-state index in [0.717, 1.165) is 0 Å². The molecule has 2 amide bonds. The fourth-order valence-electron chi connectivity index (χ4n) is 1.59. The van der Waals surface area contributed by atoms with Crippen molar-refractivity contribution < 1.29 is 29.4 Å². The topological polar surface area (TPSA) is 133 Å². The maximum Gasteiger partial charge on any atom is 0.326 e. The molecule has 8 nitrogen and oxygen atoms in total. The maximum atomic E-state index is 12.0. The molecule has 0 aromatic heterocycles. The smallest absolute Gasteiger partial charge is 0.326 e. The van der Waals surface area contributed by atoms with Gasteiger partial charge < -0.3 is 20.8 Å². The number of hydrogen-bond acceptors (Lipinski definition) is 4. The van der Waals surface area contributed by atoms with Crippen LogP contribution in [0.4, 0.5) is 5.69 Å². The highest BCUT2D eigenvalue weighted by molar-refractivity contribution is 6.04. The minimum absolute atomic E-state index is 0.0457. The van der Waals surface area contributed by atoms with Gasteiger partial charge in [-0.15, -0.1) is 0 Å². The minimum Gasteiger partial charge on any atom is -0.481 e. The summed E-state index contributed by atoms with van der Waals surface area (Å²) in [4.78, 5) is 44.6. The summed E-state index contributed by atoms with van der Waals surface area (Å²) in [7, 11) is 0. The van der Waals surface area contributed by atoms with Crippen LogP contribution in [0.3, 0.4) is 0 Å². The molecular weight excluding hydrogens is 280 g/mol. The number of carboxylic acid groups (broad SMARTS) is 2. The number of amides is 2. The molecule has 0 bridgehead atoms. The van der Waals surface area contributed by atoms with Crippen molar-refractivity contribution in [3.8, 4) is 0 Å². The zero-order chi connectivity index (χ0) is 16.0. The number of hydrogen-bond donors (Lipinski definition) is 4. The third-order valence-corrected chi connectivity index (χ3v) is 2.46. The van der Waals surface area contributed by atoms with Gasteiger partial charge in [-0.05, 0) is 12.1 Å². The summed E-state index contributed by atoms with van der Waals surface area (Å²) in [6, 6.07) is 4.44. The van der Waals surface area contributed by atoms with E-state index in [0.29, 0.717) is 0 Å². The van der Waals surface area contributed by atoms with Crippen molar-refractivity contribution in [3.05, 3.63) is 29.8 Å². The van der Waals surface area contributed by atoms with Crippen LogP contribution in [0.1, 0.15) is 23.7 Å². The van der Waals surface area contributed by atoms with Crippen LogP contribution in [0.25, 0.3) is 0 Å². The molecule has 0 aliphatic carbocycles. The first-order chi connectivity index (χ1) is 9.81. The largest absolute Gasteiger partial charge is 0.481 e. The molecule has 0 unspecified atom stereocenters. The molecule has 0 saturated carbocycles. The van der Waals surface area contributed by atoms with Crippen molar-refractivity contribution >= 4 is 29.4 Å². The number of nitrogens with one attached hydrogen (secondary N) is 2. The second-order valence-electron chi connectivity index (χ2n) is 4.19. The lowest BCUT2D eigenvalue weighted by Gasteiger charge is -2.14. The first-order valence-corrected chi connectivity index (χ1v) is 5.93. The molecule has 4 N–H and O–H groups in total. The van der Waals surface area contributed by atoms with Gasteiger partial charge in [0, 0.05) is 6.92 Å². The first-order valence-electron chi connectivity index (χ1n) is 5.93. The SMILES string of the molecule is CC(=O)Nc1ccccc1C(=O)N[C@H](CC(=O)O)C(=O)O. The van der Waals surface area contributed by atoms with E-state index < -0.39 is 36.2 Å². The zero-order valence-corrected chi connectivity index (χ0v) is 11.1. The standard InChI is InChI=1S/C13H14N2O6/c1-7(16)14-9-5-3-2-4-8(9)12(19)15-10(13(20)21)6-11(17)18/h2-5,10H,6H2,1H3,(H,14,16)(H,15,19)(H,17,18)(H,20,21)/t10-/m1/s1. The molecule has 1 aromatic carbocycles. The van der Waals surface area contributed by atoms with Gasteiger partial charge in [0.2, 0.25) is 5.91 Å². The van der Waals surface area contributed by atoms with Crippen LogP contribution >= 0.6 is 0 Å². The Kier molecular flexibility index (Phi) is 5.41.